The van der Waals surface area contributed by atoms with Gasteiger partial charge in [-0.05, 0) is 55.1 Å². The highest BCUT2D eigenvalue weighted by Gasteiger charge is 2.27. The first-order chi connectivity index (χ1) is 13.4. The van der Waals surface area contributed by atoms with Crippen molar-refractivity contribution in [1.29, 1.82) is 0 Å². The van der Waals surface area contributed by atoms with E-state index in [2.05, 4.69) is 30.0 Å². The number of ether oxygens (including phenoxy) is 2. The maximum Gasteiger partial charge on any atom is 0.276 e. The Hall–Kier alpha value is -2.28. The largest absolute Gasteiger partial charge is 0.493 e. The van der Waals surface area contributed by atoms with Crippen LogP contribution in [0.4, 0.5) is 0 Å². The van der Waals surface area contributed by atoms with Crippen molar-refractivity contribution in [3.63, 3.8) is 0 Å². The van der Waals surface area contributed by atoms with Crippen molar-refractivity contribution in [2.45, 2.75) is 46.1 Å². The van der Waals surface area contributed by atoms with Gasteiger partial charge in [-0.2, -0.15) is 0 Å². The Morgan fingerprint density at radius 3 is 2.75 bits per heavy atom. The van der Waals surface area contributed by atoms with E-state index in [4.69, 9.17) is 21.7 Å². The van der Waals surface area contributed by atoms with Crippen LogP contribution in [0.3, 0.4) is 0 Å². The molecule has 3 atom stereocenters. The highest BCUT2D eigenvalue weighted by Crippen LogP contribution is 2.29. The minimum atomic E-state index is -0.325. The monoisotopic (exact) mass is 405 g/mol. The number of allylic oxidation sites excluding steroid dienone is 1. The SMILES string of the molecule is C/C=C/c1ccc(OCC(=O)NNC(=S)N[C@H]2CCC[C@@H](C)[C@@H]2C)c(OC)c1. The smallest absolute Gasteiger partial charge is 0.276 e. The molecule has 2 rings (SSSR count). The number of rotatable bonds is 6. The summed E-state index contributed by atoms with van der Waals surface area (Å²) in [7, 11) is 1.57. The number of nitrogens with one attached hydrogen (secondary N) is 3. The Bertz CT molecular complexity index is 708. The molecular formula is C21H31N3O3S. The maximum absolute atomic E-state index is 12.1. The number of hydrogen-bond donors (Lipinski definition) is 3. The molecule has 0 heterocycles. The van der Waals surface area contributed by atoms with E-state index < -0.39 is 0 Å². The zero-order chi connectivity index (χ0) is 20.5. The molecule has 7 heteroatoms. The van der Waals surface area contributed by atoms with Gasteiger partial charge >= 0.3 is 0 Å². The molecular weight excluding hydrogens is 374 g/mol. The topological polar surface area (TPSA) is 71.6 Å². The number of hydrogen-bond acceptors (Lipinski definition) is 4. The summed E-state index contributed by atoms with van der Waals surface area (Å²) in [6, 6.07) is 5.88. The summed E-state index contributed by atoms with van der Waals surface area (Å²) in [6.07, 6.45) is 7.45. The van der Waals surface area contributed by atoms with Crippen molar-refractivity contribution >= 4 is 29.3 Å². The van der Waals surface area contributed by atoms with E-state index in [1.54, 1.807) is 13.2 Å². The zero-order valence-electron chi connectivity index (χ0n) is 17.1. The minimum Gasteiger partial charge on any atom is -0.493 e. The first-order valence-electron chi connectivity index (χ1n) is 9.73. The summed E-state index contributed by atoms with van der Waals surface area (Å²) in [4.78, 5) is 12.1. The fourth-order valence-electron chi connectivity index (χ4n) is 3.40. The van der Waals surface area contributed by atoms with Gasteiger partial charge in [-0.3, -0.25) is 15.6 Å². The van der Waals surface area contributed by atoms with Gasteiger partial charge in [0.2, 0.25) is 0 Å². The van der Waals surface area contributed by atoms with Gasteiger partial charge in [0.15, 0.2) is 23.2 Å². The van der Waals surface area contributed by atoms with Gasteiger partial charge in [-0.25, -0.2) is 0 Å². The molecule has 0 saturated heterocycles. The van der Waals surface area contributed by atoms with Crippen LogP contribution >= 0.6 is 12.2 Å². The number of carbonyl (C=O) groups excluding carboxylic acids is 1. The van der Waals surface area contributed by atoms with Crippen LogP contribution in [-0.4, -0.2) is 30.8 Å². The van der Waals surface area contributed by atoms with E-state index in [0.29, 0.717) is 34.5 Å². The molecule has 154 valence electrons. The van der Waals surface area contributed by atoms with Crippen LogP contribution in [0.2, 0.25) is 0 Å². The number of hydrazine groups is 1. The van der Waals surface area contributed by atoms with E-state index >= 15 is 0 Å². The maximum atomic E-state index is 12.1. The lowest BCUT2D eigenvalue weighted by Gasteiger charge is -2.35. The molecule has 3 N–H and O–H groups in total. The molecule has 1 aliphatic rings. The summed E-state index contributed by atoms with van der Waals surface area (Å²) in [5, 5.41) is 3.73. The highest BCUT2D eigenvalue weighted by molar-refractivity contribution is 7.80. The Morgan fingerprint density at radius 1 is 1.25 bits per heavy atom. The van der Waals surface area contributed by atoms with Gasteiger partial charge in [0.05, 0.1) is 7.11 Å². The van der Waals surface area contributed by atoms with Crippen LogP contribution in [-0.2, 0) is 4.79 Å². The summed E-state index contributed by atoms with van der Waals surface area (Å²) >= 11 is 5.30. The van der Waals surface area contributed by atoms with E-state index in [9.17, 15) is 4.79 Å². The van der Waals surface area contributed by atoms with Crippen molar-refractivity contribution in [2.75, 3.05) is 13.7 Å². The molecule has 1 amide bonds. The first-order valence-corrected chi connectivity index (χ1v) is 10.1. The fraction of sp³-hybridized carbons (Fsp3) is 0.524. The van der Waals surface area contributed by atoms with Crippen LogP contribution in [0, 0.1) is 11.8 Å². The average molecular weight is 406 g/mol. The number of thiocarbonyl (C=S) groups is 1. The third-order valence-electron chi connectivity index (χ3n) is 5.24. The zero-order valence-corrected chi connectivity index (χ0v) is 17.9. The molecule has 1 aromatic carbocycles. The van der Waals surface area contributed by atoms with Gasteiger partial charge in [0.25, 0.3) is 5.91 Å². The predicted octanol–water partition coefficient (Wildman–Crippen LogP) is 3.43. The van der Waals surface area contributed by atoms with E-state index in [1.165, 1.54) is 12.8 Å². The first kappa shape index (κ1) is 22.0. The van der Waals surface area contributed by atoms with E-state index in [0.717, 1.165) is 12.0 Å². The van der Waals surface area contributed by atoms with Crippen molar-refractivity contribution in [3.8, 4) is 11.5 Å². The molecule has 0 spiro atoms. The van der Waals surface area contributed by atoms with Gasteiger partial charge in [-0.1, -0.05) is 44.9 Å². The lowest BCUT2D eigenvalue weighted by atomic mass is 9.78. The summed E-state index contributed by atoms with van der Waals surface area (Å²) < 4.78 is 10.9. The molecule has 1 aliphatic carbocycles. The Morgan fingerprint density at radius 2 is 2.04 bits per heavy atom. The van der Waals surface area contributed by atoms with E-state index in [1.807, 2.05) is 31.2 Å². The highest BCUT2D eigenvalue weighted by atomic mass is 32.1. The van der Waals surface area contributed by atoms with Crippen LogP contribution < -0.4 is 25.6 Å². The second-order valence-corrected chi connectivity index (χ2v) is 7.63. The molecule has 28 heavy (non-hydrogen) atoms. The molecule has 6 nitrogen and oxygen atoms in total. The van der Waals surface area contributed by atoms with Crippen molar-refractivity contribution in [3.05, 3.63) is 29.8 Å². The van der Waals surface area contributed by atoms with Crippen LogP contribution in [0.15, 0.2) is 24.3 Å². The van der Waals surface area contributed by atoms with Crippen molar-refractivity contribution < 1.29 is 14.3 Å². The Labute approximate surface area is 173 Å². The van der Waals surface area contributed by atoms with E-state index in [-0.39, 0.29) is 12.5 Å². The average Bonchev–Trinajstić information content (AvgIpc) is 2.69. The Balaban J connectivity index is 1.77. The quantitative estimate of drug-likeness (QED) is 0.498. The molecule has 0 bridgehead atoms. The number of amides is 1. The summed E-state index contributed by atoms with van der Waals surface area (Å²) in [6.45, 7) is 6.31. The number of carbonyl (C=O) groups is 1. The third-order valence-corrected chi connectivity index (χ3v) is 5.46. The lowest BCUT2D eigenvalue weighted by Crippen LogP contribution is -2.53. The molecule has 1 fully saturated rings. The normalized spacial score (nSPS) is 21.8. The fourth-order valence-corrected chi connectivity index (χ4v) is 3.60. The van der Waals surface area contributed by atoms with Crippen LogP contribution in [0.25, 0.3) is 6.08 Å². The van der Waals surface area contributed by atoms with Gasteiger partial charge in [0, 0.05) is 6.04 Å². The summed E-state index contributed by atoms with van der Waals surface area (Å²) in [5.74, 6) is 1.98. The molecule has 0 radical (unpaired) electrons. The predicted molar refractivity (Wildman–Crippen MR) is 116 cm³/mol. The molecule has 0 aliphatic heterocycles. The molecule has 0 unspecified atom stereocenters. The van der Waals surface area contributed by atoms with Crippen molar-refractivity contribution in [1.82, 2.24) is 16.2 Å². The second kappa shape index (κ2) is 10.9. The van der Waals surface area contributed by atoms with Crippen molar-refractivity contribution in [2.24, 2.45) is 11.8 Å². The standard InChI is InChI=1S/C21H31N3O3S/c1-5-7-16-10-11-18(19(12-16)26-4)27-13-20(25)23-24-21(28)22-17-9-6-8-14(2)15(17)3/h5,7,10-12,14-15,17H,6,8-9,13H2,1-4H3,(H,23,25)(H2,22,24,28)/b7-5+/t14-,15+,17+/m1/s1. The van der Waals surface area contributed by atoms with Crippen LogP contribution in [0.1, 0.15) is 45.6 Å². The molecule has 0 aromatic heterocycles. The van der Waals surface area contributed by atoms with Gasteiger partial charge in [-0.15, -0.1) is 0 Å². The number of benzene rings is 1. The molecule has 1 aromatic rings. The Kier molecular flexibility index (Phi) is 8.57. The second-order valence-electron chi connectivity index (χ2n) is 7.22. The number of methoxy groups -OCH3 is 1. The van der Waals surface area contributed by atoms with Crippen LogP contribution in [0.5, 0.6) is 11.5 Å². The third kappa shape index (κ3) is 6.41. The summed E-state index contributed by atoms with van der Waals surface area (Å²) in [5.41, 5.74) is 6.32. The molecule has 1 saturated carbocycles. The van der Waals surface area contributed by atoms with Gasteiger partial charge in [0.1, 0.15) is 0 Å². The van der Waals surface area contributed by atoms with Gasteiger partial charge < -0.3 is 14.8 Å². The minimum absolute atomic E-state index is 0.147. The lowest BCUT2D eigenvalue weighted by molar-refractivity contribution is -0.123.